The number of benzene rings is 1. The van der Waals surface area contributed by atoms with Crippen molar-refractivity contribution in [2.45, 2.75) is 32.0 Å². The molecule has 5 rings (SSSR count). The highest BCUT2D eigenvalue weighted by Gasteiger charge is 2.40. The molecule has 4 heterocycles. The number of amides is 1. The number of nitrogens with zero attached hydrogens (tertiary/aromatic N) is 2. The van der Waals surface area contributed by atoms with Crippen LogP contribution in [0.4, 0.5) is 0 Å². The van der Waals surface area contributed by atoms with Gasteiger partial charge in [-0.3, -0.25) is 14.5 Å². The molecule has 2 atom stereocenters. The lowest BCUT2D eigenvalue weighted by molar-refractivity contribution is -0.140. The van der Waals surface area contributed by atoms with Gasteiger partial charge in [0.05, 0.1) is 13.0 Å². The first-order valence-electron chi connectivity index (χ1n) is 9.46. The van der Waals surface area contributed by atoms with Crippen LogP contribution in [0.1, 0.15) is 24.1 Å². The Balaban J connectivity index is 1.49. The monoisotopic (exact) mass is 367 g/mol. The number of carbonyl (C=O) groups excluding carboxylic acids is 1. The molecule has 3 aliphatic heterocycles. The molecular weight excluding hydrogens is 342 g/mol. The third-order valence-electron chi connectivity index (χ3n) is 5.62. The normalized spacial score (nSPS) is 22.7. The Labute approximate surface area is 158 Å². The summed E-state index contributed by atoms with van der Waals surface area (Å²) in [6.07, 6.45) is 3.60. The van der Waals surface area contributed by atoms with E-state index < -0.39 is 0 Å². The molecule has 3 aliphatic rings. The summed E-state index contributed by atoms with van der Waals surface area (Å²) in [7, 11) is 1.49. The Morgan fingerprint density at radius 2 is 1.93 bits per heavy atom. The van der Waals surface area contributed by atoms with E-state index in [-0.39, 0.29) is 23.3 Å². The predicted molar refractivity (Wildman–Crippen MR) is 102 cm³/mol. The summed E-state index contributed by atoms with van der Waals surface area (Å²) in [6, 6.07) is 12.0. The Kier molecular flexibility index (Phi) is 4.99. The molecule has 0 spiro atoms. The standard InChI is InChI=1S/C21H25N3O3/c1-27-20-10-22-17(9-19(20)25)13-23-12-16-7-8-18(14-23)24(21(16)26)11-15-5-3-2-4-6-15/h2-6,9-10,16,18H,7-8,11-14H2,1H3,(H,22,25)/t16-,18+/m0/s1. The number of aromatic nitrogens is 1. The maximum atomic E-state index is 13.0. The van der Waals surface area contributed by atoms with Crippen LogP contribution in [0.3, 0.4) is 0 Å². The van der Waals surface area contributed by atoms with Gasteiger partial charge in [0, 0.05) is 50.2 Å². The molecular formula is C21H25N3O3. The molecule has 27 heavy (non-hydrogen) atoms. The van der Waals surface area contributed by atoms with Gasteiger partial charge < -0.3 is 14.6 Å². The number of ether oxygens (including phenoxy) is 1. The Morgan fingerprint density at radius 3 is 2.67 bits per heavy atom. The van der Waals surface area contributed by atoms with Crippen LogP contribution in [0.15, 0.2) is 47.4 Å². The van der Waals surface area contributed by atoms with E-state index in [1.54, 1.807) is 12.3 Å². The second kappa shape index (κ2) is 7.56. The minimum absolute atomic E-state index is 0.0393. The number of nitrogens with one attached hydrogen (secondary N) is 1. The van der Waals surface area contributed by atoms with Crippen molar-refractivity contribution < 1.29 is 9.53 Å². The third kappa shape index (κ3) is 3.76. The van der Waals surface area contributed by atoms with Gasteiger partial charge in [-0.05, 0) is 18.4 Å². The van der Waals surface area contributed by atoms with Crippen molar-refractivity contribution in [1.29, 1.82) is 0 Å². The highest BCUT2D eigenvalue weighted by atomic mass is 16.5. The maximum Gasteiger partial charge on any atom is 0.227 e. The fourth-order valence-corrected chi connectivity index (χ4v) is 4.24. The van der Waals surface area contributed by atoms with Crippen LogP contribution >= 0.6 is 0 Å². The number of H-pyrrole nitrogens is 1. The molecule has 0 saturated carbocycles. The number of hydrogen-bond acceptors (Lipinski definition) is 4. The molecule has 0 aliphatic carbocycles. The van der Waals surface area contributed by atoms with Crippen LogP contribution < -0.4 is 10.2 Å². The minimum Gasteiger partial charge on any atom is -0.491 e. The van der Waals surface area contributed by atoms with E-state index in [1.165, 1.54) is 12.7 Å². The van der Waals surface area contributed by atoms with Gasteiger partial charge in [0.1, 0.15) is 0 Å². The molecule has 6 nitrogen and oxygen atoms in total. The van der Waals surface area contributed by atoms with Crippen molar-refractivity contribution in [3.8, 4) is 5.75 Å². The lowest BCUT2D eigenvalue weighted by Crippen LogP contribution is -2.47. The van der Waals surface area contributed by atoms with Crippen molar-refractivity contribution in [2.75, 3.05) is 20.2 Å². The van der Waals surface area contributed by atoms with Gasteiger partial charge in [0.15, 0.2) is 5.75 Å². The summed E-state index contributed by atoms with van der Waals surface area (Å²) in [5.41, 5.74) is 1.90. The lowest BCUT2D eigenvalue weighted by Gasteiger charge is -2.36. The minimum atomic E-state index is -0.120. The Hall–Kier alpha value is -2.60. The van der Waals surface area contributed by atoms with E-state index >= 15 is 0 Å². The number of aromatic amines is 1. The summed E-state index contributed by atoms with van der Waals surface area (Å²) in [5, 5.41) is 0. The first kappa shape index (κ1) is 17.8. The highest BCUT2D eigenvalue weighted by Crippen LogP contribution is 2.31. The van der Waals surface area contributed by atoms with Crippen molar-refractivity contribution in [3.63, 3.8) is 0 Å². The zero-order chi connectivity index (χ0) is 18.8. The van der Waals surface area contributed by atoms with Crippen LogP contribution in [0.25, 0.3) is 0 Å². The number of carbonyl (C=O) groups is 1. The van der Waals surface area contributed by atoms with Crippen LogP contribution in [0.2, 0.25) is 0 Å². The molecule has 2 aromatic rings. The van der Waals surface area contributed by atoms with E-state index in [9.17, 15) is 9.59 Å². The van der Waals surface area contributed by atoms with Gasteiger partial charge in [-0.2, -0.15) is 0 Å². The zero-order valence-electron chi connectivity index (χ0n) is 15.6. The average Bonchev–Trinajstić information content (AvgIpc) is 2.94. The average molecular weight is 367 g/mol. The molecule has 1 aromatic heterocycles. The van der Waals surface area contributed by atoms with E-state index in [0.717, 1.165) is 31.6 Å². The first-order chi connectivity index (χ1) is 13.1. The number of rotatable bonds is 5. The molecule has 6 heteroatoms. The molecule has 1 amide bonds. The fourth-order valence-electron chi connectivity index (χ4n) is 4.24. The maximum absolute atomic E-state index is 13.0. The van der Waals surface area contributed by atoms with E-state index in [0.29, 0.717) is 18.8 Å². The zero-order valence-corrected chi connectivity index (χ0v) is 15.6. The van der Waals surface area contributed by atoms with Crippen LogP contribution in [-0.2, 0) is 17.9 Å². The smallest absolute Gasteiger partial charge is 0.227 e. The van der Waals surface area contributed by atoms with Gasteiger partial charge in [-0.25, -0.2) is 0 Å². The van der Waals surface area contributed by atoms with Crippen molar-refractivity contribution in [2.24, 2.45) is 5.92 Å². The first-order valence-corrected chi connectivity index (χ1v) is 9.46. The fraction of sp³-hybridized carbons (Fsp3) is 0.429. The molecule has 2 bridgehead atoms. The molecule has 1 N–H and O–H groups in total. The summed E-state index contributed by atoms with van der Waals surface area (Å²) in [4.78, 5) is 32.5. The topological polar surface area (TPSA) is 65.6 Å². The predicted octanol–water partition coefficient (Wildman–Crippen LogP) is 2.01. The Bertz CT molecular complexity index is 864. The molecule has 3 saturated heterocycles. The second-order valence-electron chi connectivity index (χ2n) is 7.46. The largest absolute Gasteiger partial charge is 0.491 e. The third-order valence-corrected chi connectivity index (χ3v) is 5.62. The number of pyridine rings is 1. The van der Waals surface area contributed by atoms with Gasteiger partial charge >= 0.3 is 0 Å². The van der Waals surface area contributed by atoms with Crippen molar-refractivity contribution in [3.05, 3.63) is 64.1 Å². The SMILES string of the molecule is COc1c[nH]c(CN2C[C@@H]3CC[C@H](C2)N(Cc2ccccc2)C3=O)cc1=O. The molecule has 0 unspecified atom stereocenters. The highest BCUT2D eigenvalue weighted by molar-refractivity contribution is 5.80. The summed E-state index contributed by atoms with van der Waals surface area (Å²) in [6.45, 7) is 2.89. The molecule has 142 valence electrons. The number of piperidine rings is 1. The van der Waals surface area contributed by atoms with Crippen molar-refractivity contribution in [1.82, 2.24) is 14.8 Å². The number of methoxy groups -OCH3 is 1. The van der Waals surface area contributed by atoms with E-state index in [4.69, 9.17) is 4.74 Å². The Morgan fingerprint density at radius 1 is 1.11 bits per heavy atom. The lowest BCUT2D eigenvalue weighted by atomic mass is 9.93. The van der Waals surface area contributed by atoms with E-state index in [1.807, 2.05) is 18.2 Å². The van der Waals surface area contributed by atoms with Crippen LogP contribution in [-0.4, -0.2) is 46.9 Å². The van der Waals surface area contributed by atoms with Gasteiger partial charge in [-0.1, -0.05) is 30.3 Å². The van der Waals surface area contributed by atoms with Crippen LogP contribution in [0.5, 0.6) is 5.75 Å². The van der Waals surface area contributed by atoms with Gasteiger partial charge in [-0.15, -0.1) is 0 Å². The summed E-state index contributed by atoms with van der Waals surface area (Å²) in [5.74, 6) is 0.622. The summed E-state index contributed by atoms with van der Waals surface area (Å²) < 4.78 is 5.03. The summed E-state index contributed by atoms with van der Waals surface area (Å²) >= 11 is 0. The molecule has 0 radical (unpaired) electrons. The number of hydrogen-bond donors (Lipinski definition) is 1. The van der Waals surface area contributed by atoms with Crippen LogP contribution in [0, 0.1) is 5.92 Å². The van der Waals surface area contributed by atoms with E-state index in [2.05, 4.69) is 26.9 Å². The van der Waals surface area contributed by atoms with Crippen molar-refractivity contribution >= 4 is 5.91 Å². The molecule has 3 fully saturated rings. The number of fused-ring (bicyclic) bond motifs is 4. The van der Waals surface area contributed by atoms with Gasteiger partial charge in [0.25, 0.3) is 0 Å². The van der Waals surface area contributed by atoms with Gasteiger partial charge in [0.2, 0.25) is 11.3 Å². The molecule has 1 aromatic carbocycles. The quantitative estimate of drug-likeness (QED) is 0.878. The second-order valence-corrected chi connectivity index (χ2v) is 7.46.